The highest BCUT2D eigenvalue weighted by molar-refractivity contribution is 5.95. The van der Waals surface area contributed by atoms with Crippen molar-refractivity contribution < 1.29 is 9.53 Å². The maximum Gasteiger partial charge on any atom is 0.249 e. The van der Waals surface area contributed by atoms with E-state index in [9.17, 15) is 4.79 Å². The molecule has 0 aliphatic carbocycles. The average Bonchev–Trinajstić information content (AvgIpc) is 2.40. The monoisotopic (exact) mass is 241 g/mol. The molecule has 1 amide bonds. The number of hydrogen-bond acceptors (Lipinski definition) is 2. The van der Waals surface area contributed by atoms with Gasteiger partial charge in [0.2, 0.25) is 5.91 Å². The predicted octanol–water partition coefficient (Wildman–Crippen LogP) is 2.60. The van der Waals surface area contributed by atoms with Crippen molar-refractivity contribution in [2.24, 2.45) is 5.73 Å². The Morgan fingerprint density at radius 1 is 1.11 bits per heavy atom. The quantitative estimate of drug-likeness (QED) is 0.894. The summed E-state index contributed by atoms with van der Waals surface area (Å²) in [7, 11) is 1.59. The lowest BCUT2D eigenvalue weighted by Gasteiger charge is -2.09. The van der Waals surface area contributed by atoms with E-state index in [2.05, 4.69) is 0 Å². The van der Waals surface area contributed by atoms with E-state index in [-0.39, 0.29) is 0 Å². The average molecular weight is 241 g/mol. The molecule has 2 aromatic carbocycles. The second-order valence-corrected chi connectivity index (χ2v) is 4.04. The second-order valence-electron chi connectivity index (χ2n) is 4.04. The smallest absolute Gasteiger partial charge is 0.249 e. The van der Waals surface area contributed by atoms with Crippen LogP contribution in [0.5, 0.6) is 0 Å². The van der Waals surface area contributed by atoms with Crippen molar-refractivity contribution in [3.05, 3.63) is 59.7 Å². The molecule has 0 fully saturated rings. The molecule has 3 heteroatoms. The van der Waals surface area contributed by atoms with Gasteiger partial charge in [-0.15, -0.1) is 0 Å². The number of hydrogen-bond donors (Lipinski definition) is 1. The zero-order valence-corrected chi connectivity index (χ0v) is 10.2. The fourth-order valence-corrected chi connectivity index (χ4v) is 1.90. The van der Waals surface area contributed by atoms with E-state index in [0.717, 1.165) is 16.7 Å². The molecule has 0 heterocycles. The molecule has 0 spiro atoms. The summed E-state index contributed by atoms with van der Waals surface area (Å²) in [6, 6.07) is 15.5. The highest BCUT2D eigenvalue weighted by Gasteiger charge is 2.09. The van der Waals surface area contributed by atoms with Crippen LogP contribution in [-0.4, -0.2) is 13.0 Å². The number of amides is 1. The van der Waals surface area contributed by atoms with Crippen LogP contribution in [-0.2, 0) is 11.3 Å². The molecule has 0 atom stereocenters. The Balaban J connectivity index is 2.46. The molecule has 0 saturated carbocycles. The Labute approximate surface area is 106 Å². The van der Waals surface area contributed by atoms with Gasteiger partial charge in [-0.1, -0.05) is 42.5 Å². The Bertz CT molecular complexity index is 550. The van der Waals surface area contributed by atoms with E-state index in [1.54, 1.807) is 7.11 Å². The summed E-state index contributed by atoms with van der Waals surface area (Å²) in [6.45, 7) is 0.382. The van der Waals surface area contributed by atoms with Crippen molar-refractivity contribution in [1.82, 2.24) is 0 Å². The van der Waals surface area contributed by atoms with Gasteiger partial charge in [-0.25, -0.2) is 0 Å². The van der Waals surface area contributed by atoms with Crippen LogP contribution in [0.3, 0.4) is 0 Å². The van der Waals surface area contributed by atoms with Crippen molar-refractivity contribution in [3.63, 3.8) is 0 Å². The zero-order chi connectivity index (χ0) is 13.0. The van der Waals surface area contributed by atoms with Crippen molar-refractivity contribution in [2.75, 3.05) is 7.11 Å². The van der Waals surface area contributed by atoms with E-state index >= 15 is 0 Å². The van der Waals surface area contributed by atoms with Crippen molar-refractivity contribution in [2.45, 2.75) is 6.61 Å². The molecule has 92 valence electrons. The summed E-state index contributed by atoms with van der Waals surface area (Å²) in [5.41, 5.74) is 8.75. The maximum atomic E-state index is 11.4. The van der Waals surface area contributed by atoms with Gasteiger partial charge >= 0.3 is 0 Å². The van der Waals surface area contributed by atoms with Gasteiger partial charge in [0.05, 0.1) is 6.61 Å². The van der Waals surface area contributed by atoms with Gasteiger partial charge in [-0.2, -0.15) is 0 Å². The molecule has 2 N–H and O–H groups in total. The van der Waals surface area contributed by atoms with Gasteiger partial charge in [0.1, 0.15) is 0 Å². The third-order valence-electron chi connectivity index (χ3n) is 2.78. The summed E-state index contributed by atoms with van der Waals surface area (Å²) in [5.74, 6) is -0.431. The summed E-state index contributed by atoms with van der Waals surface area (Å²) in [4.78, 5) is 11.4. The molecular formula is C15H15NO2. The lowest BCUT2D eigenvalue weighted by Crippen LogP contribution is -2.14. The van der Waals surface area contributed by atoms with Crippen LogP contribution >= 0.6 is 0 Å². The van der Waals surface area contributed by atoms with E-state index in [1.807, 2.05) is 48.5 Å². The number of nitrogens with two attached hydrogens (primary N) is 1. The summed E-state index contributed by atoms with van der Waals surface area (Å²) in [6.07, 6.45) is 0. The van der Waals surface area contributed by atoms with Crippen LogP contribution in [0.4, 0.5) is 0 Å². The number of rotatable bonds is 4. The first-order chi connectivity index (χ1) is 8.72. The minimum absolute atomic E-state index is 0.382. The van der Waals surface area contributed by atoms with Gasteiger partial charge in [0, 0.05) is 12.7 Å². The number of primary amides is 1. The predicted molar refractivity (Wildman–Crippen MR) is 71.1 cm³/mol. The maximum absolute atomic E-state index is 11.4. The molecule has 18 heavy (non-hydrogen) atoms. The van der Waals surface area contributed by atoms with Crippen LogP contribution in [0.2, 0.25) is 0 Å². The molecule has 0 aliphatic heterocycles. The third kappa shape index (κ3) is 2.57. The minimum Gasteiger partial charge on any atom is -0.380 e. The summed E-state index contributed by atoms with van der Waals surface area (Å²) < 4.78 is 5.06. The zero-order valence-electron chi connectivity index (χ0n) is 10.2. The second kappa shape index (κ2) is 5.47. The largest absolute Gasteiger partial charge is 0.380 e. The minimum atomic E-state index is -0.431. The fraction of sp³-hybridized carbons (Fsp3) is 0.133. The Kier molecular flexibility index (Phi) is 3.75. The van der Waals surface area contributed by atoms with Gasteiger partial charge in [-0.05, 0) is 22.8 Å². The lowest BCUT2D eigenvalue weighted by atomic mass is 9.99. The molecule has 0 aliphatic rings. The normalized spacial score (nSPS) is 10.3. The number of methoxy groups -OCH3 is 1. The lowest BCUT2D eigenvalue weighted by molar-refractivity contribution is 0.0995. The SMILES string of the molecule is COCc1ccc(-c2ccccc2)cc1C(N)=O. The van der Waals surface area contributed by atoms with Crippen molar-refractivity contribution in [3.8, 4) is 11.1 Å². The molecule has 0 saturated heterocycles. The van der Waals surface area contributed by atoms with Crippen LogP contribution in [0.25, 0.3) is 11.1 Å². The number of ether oxygens (including phenoxy) is 1. The van der Waals surface area contributed by atoms with E-state index in [4.69, 9.17) is 10.5 Å². The number of carbonyl (C=O) groups excluding carboxylic acids is 1. The number of benzene rings is 2. The van der Waals surface area contributed by atoms with E-state index in [0.29, 0.717) is 12.2 Å². The molecule has 0 radical (unpaired) electrons. The van der Waals surface area contributed by atoms with Gasteiger partial charge < -0.3 is 10.5 Å². The topological polar surface area (TPSA) is 52.3 Å². The van der Waals surface area contributed by atoms with Crippen LogP contribution in [0, 0.1) is 0 Å². The van der Waals surface area contributed by atoms with Crippen LogP contribution < -0.4 is 5.73 Å². The molecule has 0 bridgehead atoms. The molecule has 3 nitrogen and oxygen atoms in total. The Hall–Kier alpha value is -2.13. The first-order valence-electron chi connectivity index (χ1n) is 5.69. The number of carbonyl (C=O) groups is 1. The Morgan fingerprint density at radius 2 is 1.83 bits per heavy atom. The molecule has 2 aromatic rings. The van der Waals surface area contributed by atoms with Crippen LogP contribution in [0.1, 0.15) is 15.9 Å². The molecule has 0 aromatic heterocycles. The standard InChI is InChI=1S/C15H15NO2/c1-18-10-13-8-7-12(9-14(13)15(16)17)11-5-3-2-4-6-11/h2-9H,10H2,1H3,(H2,16,17). The summed E-state index contributed by atoms with van der Waals surface area (Å²) in [5, 5.41) is 0. The van der Waals surface area contributed by atoms with Crippen molar-refractivity contribution >= 4 is 5.91 Å². The molecular weight excluding hydrogens is 226 g/mol. The highest BCUT2D eigenvalue weighted by Crippen LogP contribution is 2.22. The van der Waals surface area contributed by atoms with Crippen molar-refractivity contribution in [1.29, 1.82) is 0 Å². The van der Waals surface area contributed by atoms with Gasteiger partial charge in [0.25, 0.3) is 0 Å². The first kappa shape index (κ1) is 12.3. The molecule has 0 unspecified atom stereocenters. The van der Waals surface area contributed by atoms with Gasteiger partial charge in [-0.3, -0.25) is 4.79 Å². The Morgan fingerprint density at radius 3 is 2.44 bits per heavy atom. The van der Waals surface area contributed by atoms with Gasteiger partial charge in [0.15, 0.2) is 0 Å². The highest BCUT2D eigenvalue weighted by atomic mass is 16.5. The van der Waals surface area contributed by atoms with Crippen LogP contribution in [0.15, 0.2) is 48.5 Å². The summed E-state index contributed by atoms with van der Waals surface area (Å²) >= 11 is 0. The third-order valence-corrected chi connectivity index (χ3v) is 2.78. The van der Waals surface area contributed by atoms with E-state index < -0.39 is 5.91 Å². The molecule has 2 rings (SSSR count). The van der Waals surface area contributed by atoms with E-state index in [1.165, 1.54) is 0 Å². The first-order valence-corrected chi connectivity index (χ1v) is 5.69. The fourth-order valence-electron chi connectivity index (χ4n) is 1.90.